The highest BCUT2D eigenvalue weighted by molar-refractivity contribution is 6.04. The smallest absolute Gasteiger partial charge is 0.275 e. The van der Waals surface area contributed by atoms with Crippen LogP contribution >= 0.6 is 0 Å². The van der Waals surface area contributed by atoms with Gasteiger partial charge in [-0.3, -0.25) is 9.48 Å². The molecule has 3 heterocycles. The van der Waals surface area contributed by atoms with Crippen molar-refractivity contribution in [1.29, 1.82) is 0 Å². The van der Waals surface area contributed by atoms with Crippen LogP contribution in [-0.4, -0.2) is 43.2 Å². The molecule has 0 radical (unpaired) electrons. The van der Waals surface area contributed by atoms with E-state index in [9.17, 15) is 4.79 Å². The lowest BCUT2D eigenvalue weighted by Crippen LogP contribution is -2.30. The van der Waals surface area contributed by atoms with Crippen molar-refractivity contribution in [2.24, 2.45) is 7.05 Å². The average Bonchev–Trinajstić information content (AvgIpc) is 3.10. The monoisotopic (exact) mass is 349 g/mol. The van der Waals surface area contributed by atoms with Crippen LogP contribution in [0.5, 0.6) is 0 Å². The molecule has 2 fully saturated rings. The van der Waals surface area contributed by atoms with Crippen molar-refractivity contribution in [2.45, 2.75) is 38.1 Å². The molecule has 2 aliphatic rings. The average molecular weight is 349 g/mol. The highest BCUT2D eigenvalue weighted by Gasteiger charge is 2.35. The molecule has 5 rings (SSSR count). The third-order valence-corrected chi connectivity index (χ3v) is 5.73. The van der Waals surface area contributed by atoms with Gasteiger partial charge in [0.15, 0.2) is 5.69 Å². The second kappa shape index (κ2) is 5.69. The van der Waals surface area contributed by atoms with E-state index in [1.54, 1.807) is 4.68 Å². The number of rotatable bonds is 3. The first-order valence-electron chi connectivity index (χ1n) is 9.38. The Labute approximate surface area is 152 Å². The summed E-state index contributed by atoms with van der Waals surface area (Å²) in [7, 11) is 1.89. The van der Waals surface area contributed by atoms with Gasteiger partial charge in [0.2, 0.25) is 0 Å². The highest BCUT2D eigenvalue weighted by Crippen LogP contribution is 2.41. The van der Waals surface area contributed by atoms with Crippen molar-refractivity contribution in [3.8, 4) is 0 Å². The summed E-state index contributed by atoms with van der Waals surface area (Å²) in [5.41, 5.74) is 2.76. The molecule has 6 nitrogen and oxygen atoms in total. The summed E-state index contributed by atoms with van der Waals surface area (Å²) >= 11 is 0. The van der Waals surface area contributed by atoms with Gasteiger partial charge in [0, 0.05) is 43.3 Å². The number of fused-ring (bicyclic) bond motifs is 1. The van der Waals surface area contributed by atoms with Crippen LogP contribution in [0.1, 0.15) is 53.2 Å². The van der Waals surface area contributed by atoms with E-state index in [2.05, 4.69) is 21.6 Å². The molecule has 1 amide bonds. The van der Waals surface area contributed by atoms with Crippen molar-refractivity contribution in [1.82, 2.24) is 24.2 Å². The van der Waals surface area contributed by atoms with E-state index in [1.165, 1.54) is 24.4 Å². The molecule has 6 heteroatoms. The Morgan fingerprint density at radius 2 is 2.00 bits per heavy atom. The zero-order chi connectivity index (χ0) is 17.8. The van der Waals surface area contributed by atoms with Crippen LogP contribution in [0.15, 0.2) is 30.5 Å². The summed E-state index contributed by atoms with van der Waals surface area (Å²) in [6, 6.07) is 8.25. The summed E-state index contributed by atoms with van der Waals surface area (Å²) in [6.07, 6.45) is 5.44. The summed E-state index contributed by atoms with van der Waals surface area (Å²) in [5.74, 6) is 1.87. The summed E-state index contributed by atoms with van der Waals surface area (Å²) in [6.45, 7) is 3.63. The second-order valence-corrected chi connectivity index (χ2v) is 7.59. The molecule has 0 spiro atoms. The normalized spacial score (nSPS) is 20.2. The third kappa shape index (κ3) is 2.35. The SMILES string of the molecule is Cc1cnc(C2CC2)n1C1CCN(C(=O)c2nn(C)c3ccccc23)C1. The van der Waals surface area contributed by atoms with E-state index >= 15 is 0 Å². The first-order valence-corrected chi connectivity index (χ1v) is 9.38. The van der Waals surface area contributed by atoms with Crippen LogP contribution in [0.25, 0.3) is 10.9 Å². The van der Waals surface area contributed by atoms with Gasteiger partial charge in [-0.15, -0.1) is 0 Å². The standard InChI is InChI=1S/C20H23N5O/c1-13-11-21-19(14-7-8-14)25(13)15-9-10-24(12-15)20(26)18-16-5-3-4-6-17(16)23(2)22-18/h3-6,11,14-15H,7-10,12H2,1-2H3. The first-order chi connectivity index (χ1) is 12.6. The minimum atomic E-state index is 0.0371. The maximum absolute atomic E-state index is 13.1. The molecule has 0 N–H and O–H groups in total. The lowest BCUT2D eigenvalue weighted by molar-refractivity contribution is 0.0782. The van der Waals surface area contributed by atoms with Crippen molar-refractivity contribution in [2.75, 3.05) is 13.1 Å². The van der Waals surface area contributed by atoms with E-state index in [4.69, 9.17) is 0 Å². The third-order valence-electron chi connectivity index (χ3n) is 5.73. The zero-order valence-electron chi connectivity index (χ0n) is 15.2. The van der Waals surface area contributed by atoms with Gasteiger partial charge in [0.05, 0.1) is 11.6 Å². The zero-order valence-corrected chi connectivity index (χ0v) is 15.2. The van der Waals surface area contributed by atoms with Crippen molar-refractivity contribution in [3.63, 3.8) is 0 Å². The Morgan fingerprint density at radius 1 is 1.19 bits per heavy atom. The lowest BCUT2D eigenvalue weighted by atomic mass is 10.2. The summed E-state index contributed by atoms with van der Waals surface area (Å²) in [4.78, 5) is 19.7. The van der Waals surface area contributed by atoms with Crippen LogP contribution in [0, 0.1) is 6.92 Å². The van der Waals surface area contributed by atoms with Crippen molar-refractivity contribution < 1.29 is 4.79 Å². The Hall–Kier alpha value is -2.63. The molecule has 2 aromatic heterocycles. The van der Waals surface area contributed by atoms with Crippen LogP contribution in [0.4, 0.5) is 0 Å². The minimum Gasteiger partial charge on any atom is -0.335 e. The molecule has 1 aliphatic carbocycles. The number of aryl methyl sites for hydroxylation is 2. The number of carbonyl (C=O) groups is 1. The summed E-state index contributed by atoms with van der Waals surface area (Å²) in [5, 5.41) is 5.43. The quantitative estimate of drug-likeness (QED) is 0.730. The van der Waals surface area contributed by atoms with E-state index in [-0.39, 0.29) is 5.91 Å². The Morgan fingerprint density at radius 3 is 2.81 bits per heavy atom. The maximum Gasteiger partial charge on any atom is 0.275 e. The molecule has 1 atom stereocenters. The summed E-state index contributed by atoms with van der Waals surface area (Å²) < 4.78 is 4.17. The lowest BCUT2D eigenvalue weighted by Gasteiger charge is -2.19. The topological polar surface area (TPSA) is 56.0 Å². The van der Waals surface area contributed by atoms with Gasteiger partial charge in [-0.2, -0.15) is 5.10 Å². The molecular weight excluding hydrogens is 326 g/mol. The molecule has 0 bridgehead atoms. The second-order valence-electron chi connectivity index (χ2n) is 7.59. The minimum absolute atomic E-state index is 0.0371. The number of benzene rings is 1. The molecule has 1 aliphatic heterocycles. The van der Waals surface area contributed by atoms with Gasteiger partial charge in [0.25, 0.3) is 5.91 Å². The largest absolute Gasteiger partial charge is 0.335 e. The molecule has 3 aromatic rings. The Balaban J connectivity index is 1.42. The molecule has 1 saturated carbocycles. The fourth-order valence-electron chi connectivity index (χ4n) is 4.24. The van der Waals surface area contributed by atoms with Gasteiger partial charge in [-0.05, 0) is 32.3 Å². The number of carbonyl (C=O) groups excluding carboxylic acids is 1. The fraction of sp³-hybridized carbons (Fsp3) is 0.450. The van der Waals surface area contributed by atoms with Gasteiger partial charge in [-0.25, -0.2) is 4.98 Å². The molecule has 1 aromatic carbocycles. The Bertz CT molecular complexity index is 997. The van der Waals surface area contributed by atoms with Gasteiger partial charge < -0.3 is 9.47 Å². The number of para-hydroxylation sites is 1. The number of aromatic nitrogens is 4. The van der Waals surface area contributed by atoms with E-state index < -0.39 is 0 Å². The van der Waals surface area contributed by atoms with Gasteiger partial charge in [-0.1, -0.05) is 18.2 Å². The fourth-order valence-corrected chi connectivity index (χ4v) is 4.24. The number of hydrogen-bond acceptors (Lipinski definition) is 3. The molecule has 26 heavy (non-hydrogen) atoms. The predicted octanol–water partition coefficient (Wildman–Crippen LogP) is 3.04. The van der Waals surface area contributed by atoms with Gasteiger partial charge >= 0.3 is 0 Å². The number of imidazole rings is 1. The maximum atomic E-state index is 13.1. The molecule has 1 unspecified atom stereocenters. The van der Waals surface area contributed by atoms with E-state index in [0.717, 1.165) is 30.4 Å². The van der Waals surface area contributed by atoms with Crippen LogP contribution in [0.2, 0.25) is 0 Å². The number of nitrogens with zero attached hydrogens (tertiary/aromatic N) is 5. The van der Waals surface area contributed by atoms with Crippen LogP contribution in [0.3, 0.4) is 0 Å². The van der Waals surface area contributed by atoms with Crippen molar-refractivity contribution >= 4 is 16.8 Å². The number of amides is 1. The number of likely N-dealkylation sites (tertiary alicyclic amines) is 1. The molecular formula is C20H23N5O. The molecule has 1 saturated heterocycles. The number of hydrogen-bond donors (Lipinski definition) is 0. The Kier molecular flexibility index (Phi) is 3.42. The van der Waals surface area contributed by atoms with Crippen molar-refractivity contribution in [3.05, 3.63) is 47.7 Å². The highest BCUT2D eigenvalue weighted by atomic mass is 16.2. The van der Waals surface area contributed by atoms with Gasteiger partial charge in [0.1, 0.15) is 5.82 Å². The van der Waals surface area contributed by atoms with E-state index in [1.807, 2.05) is 42.4 Å². The van der Waals surface area contributed by atoms with Crippen LogP contribution in [-0.2, 0) is 7.05 Å². The predicted molar refractivity (Wildman–Crippen MR) is 99.2 cm³/mol. The molecule has 134 valence electrons. The first kappa shape index (κ1) is 15.6. The van der Waals surface area contributed by atoms with E-state index in [0.29, 0.717) is 17.7 Å². The van der Waals surface area contributed by atoms with Crippen LogP contribution < -0.4 is 0 Å².